The van der Waals surface area contributed by atoms with Crippen LogP contribution < -0.4 is 5.32 Å². The van der Waals surface area contributed by atoms with Crippen molar-refractivity contribution in [3.63, 3.8) is 0 Å². The Morgan fingerprint density at radius 2 is 0.721 bits per heavy atom. The van der Waals surface area contributed by atoms with Gasteiger partial charge in [-0.25, -0.2) is 27.6 Å². The van der Waals surface area contributed by atoms with Gasteiger partial charge in [0.05, 0.1) is 50.2 Å². The Bertz CT molecular complexity index is 3320. The van der Waals surface area contributed by atoms with Crippen molar-refractivity contribution in [3.8, 4) is 0 Å². The molecule has 3 unspecified atom stereocenters. The van der Waals surface area contributed by atoms with Gasteiger partial charge in [-0.3, -0.25) is 14.4 Å². The zero-order valence-corrected chi connectivity index (χ0v) is 50.7. The fraction of sp³-hybridized carbons (Fsp3) is 0.354. The molecule has 7 N–H and O–H groups in total. The molecule has 0 radical (unpaired) electrons. The van der Waals surface area contributed by atoms with Crippen LogP contribution in [0.4, 0.5) is 13.2 Å². The Hall–Kier alpha value is -6.51. The molecule has 2 saturated heterocycles. The summed E-state index contributed by atoms with van der Waals surface area (Å²) in [6.07, 6.45) is 7.41. The molecular formula is C65H67Cl4F3N2O12. The summed E-state index contributed by atoms with van der Waals surface area (Å²) in [5.41, 5.74) is -6.25. The first kappa shape index (κ1) is 68.6. The van der Waals surface area contributed by atoms with Crippen LogP contribution in [0, 0.1) is 35.2 Å². The van der Waals surface area contributed by atoms with Gasteiger partial charge in [0.2, 0.25) is 0 Å². The highest BCUT2D eigenvalue weighted by Crippen LogP contribution is 2.42. The summed E-state index contributed by atoms with van der Waals surface area (Å²) in [6, 6.07) is 24.2. The third-order valence-corrected chi connectivity index (χ3v) is 17.5. The van der Waals surface area contributed by atoms with E-state index in [0.29, 0.717) is 40.8 Å². The van der Waals surface area contributed by atoms with E-state index in [1.165, 1.54) is 91.0 Å². The number of carboxylic acid groups (broad SMARTS) is 3. The van der Waals surface area contributed by atoms with Crippen LogP contribution in [0.15, 0.2) is 109 Å². The largest absolute Gasteiger partial charge is 0.478 e. The van der Waals surface area contributed by atoms with Crippen molar-refractivity contribution in [3.05, 3.63) is 208 Å². The number of likely N-dealkylation sites (tertiary alicyclic amines) is 1. The average molecular weight is 1270 g/mol. The standard InChI is InChI=1S/C22H23ClFNO4.C22H22ClFO4.C21H21ClFNO4.ClH/c1-22(29,14-7-9-25(2)10-8-14)15-11-17(21(27)28)19(18(24)12-15)20(26)13-3-5-16(23)6-4-13;1-22(28,14-5-3-2-4-6-14)15-11-17(21(26)27)19(18(24)12-15)20(25)13-7-9-16(23)10-8-13;1-21(28,13-6-8-24-9-7-13)14-10-16(20(26)27)18(17(23)11-14)19(25)12-2-4-15(22)5-3-12;/h3-6,11-12,14,29H,7-10H2,1-2H3,(H,27,28);7-12,14,28H,2-6H2,1H3,(H,26,27);2-5,10-11,13,24,28H,6-9H2,1H3,(H,26,27);1H. The van der Waals surface area contributed by atoms with E-state index in [1.54, 1.807) is 20.8 Å². The molecule has 0 bridgehead atoms. The summed E-state index contributed by atoms with van der Waals surface area (Å²) in [7, 11) is 1.99. The van der Waals surface area contributed by atoms with Crippen LogP contribution in [0.5, 0.6) is 0 Å². The Labute approximate surface area is 517 Å². The number of rotatable bonds is 15. The topological polar surface area (TPSA) is 239 Å². The molecular weight excluding hydrogens is 1200 g/mol. The van der Waals surface area contributed by atoms with Crippen molar-refractivity contribution in [2.75, 3.05) is 33.2 Å². The maximum atomic E-state index is 15.0. The summed E-state index contributed by atoms with van der Waals surface area (Å²) in [5, 5.41) is 66.5. The number of carboxylic acids is 3. The lowest BCUT2D eigenvalue weighted by Gasteiger charge is -2.39. The minimum atomic E-state index is -1.43. The smallest absolute Gasteiger partial charge is 0.336 e. The normalized spacial score (nSPS) is 17.1. The number of nitrogens with zero attached hydrogens (tertiary/aromatic N) is 1. The summed E-state index contributed by atoms with van der Waals surface area (Å²) >= 11 is 17.4. The molecule has 21 heteroatoms. The molecule has 3 atom stereocenters. The van der Waals surface area contributed by atoms with E-state index >= 15 is 4.39 Å². The van der Waals surface area contributed by atoms with Gasteiger partial charge in [0.1, 0.15) is 17.5 Å². The second-order valence-corrected chi connectivity index (χ2v) is 23.8. The lowest BCUT2D eigenvalue weighted by Crippen LogP contribution is -2.40. The number of carbonyl (C=O) groups excluding carboxylic acids is 3. The number of benzene rings is 6. The van der Waals surface area contributed by atoms with Crippen molar-refractivity contribution in [2.45, 2.75) is 95.4 Å². The molecule has 2 aliphatic heterocycles. The maximum absolute atomic E-state index is 15.0. The molecule has 86 heavy (non-hydrogen) atoms. The molecule has 0 spiro atoms. The van der Waals surface area contributed by atoms with Crippen LogP contribution in [0.25, 0.3) is 0 Å². The molecule has 2 heterocycles. The molecule has 1 saturated carbocycles. The maximum Gasteiger partial charge on any atom is 0.336 e. The fourth-order valence-electron chi connectivity index (χ4n) is 11.5. The second kappa shape index (κ2) is 29.0. The number of halogens is 7. The molecule has 0 aromatic heterocycles. The second-order valence-electron chi connectivity index (χ2n) is 22.4. The van der Waals surface area contributed by atoms with Gasteiger partial charge in [-0.2, -0.15) is 0 Å². The molecule has 9 rings (SSSR count). The molecule has 3 aliphatic rings. The third-order valence-electron chi connectivity index (χ3n) is 16.8. The van der Waals surface area contributed by atoms with E-state index in [2.05, 4.69) is 10.2 Å². The Morgan fingerprint density at radius 1 is 0.453 bits per heavy atom. The van der Waals surface area contributed by atoms with Crippen LogP contribution in [0.3, 0.4) is 0 Å². The first-order chi connectivity index (χ1) is 40.0. The lowest BCUT2D eigenvalue weighted by molar-refractivity contribution is -0.0305. The van der Waals surface area contributed by atoms with E-state index < -0.39 is 103 Å². The van der Waals surface area contributed by atoms with Crippen molar-refractivity contribution < 1.29 is 72.6 Å². The molecule has 6 aromatic rings. The van der Waals surface area contributed by atoms with E-state index in [0.717, 1.165) is 76.5 Å². The molecule has 3 fully saturated rings. The van der Waals surface area contributed by atoms with Crippen molar-refractivity contribution in [1.82, 2.24) is 10.2 Å². The highest BCUT2D eigenvalue weighted by Gasteiger charge is 2.40. The van der Waals surface area contributed by atoms with E-state index in [1.807, 2.05) is 7.05 Å². The van der Waals surface area contributed by atoms with Crippen LogP contribution in [0.2, 0.25) is 15.1 Å². The van der Waals surface area contributed by atoms with Gasteiger partial charge in [0, 0.05) is 31.8 Å². The highest BCUT2D eigenvalue weighted by molar-refractivity contribution is 6.31. The van der Waals surface area contributed by atoms with Gasteiger partial charge in [-0.1, -0.05) is 54.1 Å². The molecule has 1 aliphatic carbocycles. The predicted octanol–water partition coefficient (Wildman–Crippen LogP) is 13.2. The molecule has 6 aromatic carbocycles. The minimum absolute atomic E-state index is 0. The number of aromatic carboxylic acids is 3. The lowest BCUT2D eigenvalue weighted by atomic mass is 9.74. The monoisotopic (exact) mass is 1260 g/mol. The van der Waals surface area contributed by atoms with Crippen LogP contribution in [0.1, 0.15) is 174 Å². The summed E-state index contributed by atoms with van der Waals surface area (Å²) in [5.74, 6) is -9.77. The average Bonchev–Trinajstić information content (AvgIpc) is 1.05. The molecule has 0 amide bonds. The van der Waals surface area contributed by atoms with Gasteiger partial charge in [0.15, 0.2) is 17.3 Å². The van der Waals surface area contributed by atoms with Crippen LogP contribution >= 0.6 is 47.2 Å². The molecule has 458 valence electrons. The van der Waals surface area contributed by atoms with Gasteiger partial charge in [-0.05, 0) is 236 Å². The summed E-state index contributed by atoms with van der Waals surface area (Å²) in [6.45, 7) is 7.76. The third kappa shape index (κ3) is 15.8. The first-order valence-corrected chi connectivity index (χ1v) is 28.9. The number of hydrogen-bond donors (Lipinski definition) is 7. The number of hydrogen-bond acceptors (Lipinski definition) is 11. The van der Waals surface area contributed by atoms with Crippen LogP contribution in [-0.4, -0.2) is 104 Å². The Morgan fingerprint density at radius 3 is 1.00 bits per heavy atom. The zero-order valence-electron chi connectivity index (χ0n) is 47.6. The summed E-state index contributed by atoms with van der Waals surface area (Å²) < 4.78 is 44.9. The Balaban J connectivity index is 0.000000205. The van der Waals surface area contributed by atoms with E-state index in [9.17, 15) is 68.2 Å². The van der Waals surface area contributed by atoms with Crippen LogP contribution in [-0.2, 0) is 16.8 Å². The number of aliphatic hydroxyl groups is 3. The minimum Gasteiger partial charge on any atom is -0.478 e. The number of piperidine rings is 2. The SMILES string of the molecule is CC(O)(c1cc(F)c(C(=O)c2ccc(Cl)cc2)c(C(=O)O)c1)C1CCCCC1.CC(O)(c1cc(F)c(C(=O)c2ccc(Cl)cc2)c(C(=O)O)c1)C1CCNCC1.CN1CCC(C(C)(O)c2cc(F)c(C(=O)c3ccc(Cl)cc3)c(C(=O)O)c2)CC1.Cl. The van der Waals surface area contributed by atoms with Gasteiger partial charge in [-0.15, -0.1) is 12.4 Å². The first-order valence-electron chi connectivity index (χ1n) is 27.7. The summed E-state index contributed by atoms with van der Waals surface area (Å²) in [4.78, 5) is 75.9. The Kier molecular flexibility index (Phi) is 23.1. The number of nitrogens with one attached hydrogen (secondary N) is 1. The van der Waals surface area contributed by atoms with Crippen molar-refractivity contribution in [2.24, 2.45) is 17.8 Å². The number of ketones is 3. The van der Waals surface area contributed by atoms with E-state index in [-0.39, 0.29) is 63.5 Å². The fourth-order valence-corrected chi connectivity index (χ4v) is 11.8. The van der Waals surface area contributed by atoms with Crippen molar-refractivity contribution >= 4 is 82.5 Å². The van der Waals surface area contributed by atoms with Gasteiger partial charge in [0.25, 0.3) is 0 Å². The van der Waals surface area contributed by atoms with E-state index in [4.69, 9.17) is 34.8 Å². The van der Waals surface area contributed by atoms with Gasteiger partial charge < -0.3 is 40.9 Å². The van der Waals surface area contributed by atoms with Crippen molar-refractivity contribution in [1.29, 1.82) is 0 Å². The number of carbonyl (C=O) groups is 6. The zero-order chi connectivity index (χ0) is 62.3. The molecule has 14 nitrogen and oxygen atoms in total. The highest BCUT2D eigenvalue weighted by atomic mass is 35.5. The van der Waals surface area contributed by atoms with Gasteiger partial charge >= 0.3 is 17.9 Å². The quantitative estimate of drug-likeness (QED) is 0.0474. The predicted molar refractivity (Wildman–Crippen MR) is 323 cm³/mol.